The Kier molecular flexibility index (Phi) is 12.9. The van der Waals surface area contributed by atoms with Gasteiger partial charge in [-0.1, -0.05) is 31.2 Å². The molecule has 0 N–H and O–H groups in total. The molecule has 8 nitrogen and oxygen atoms in total. The van der Waals surface area contributed by atoms with Crippen LogP contribution in [0.15, 0.2) is 60.9 Å². The number of sulfone groups is 1. The topological polar surface area (TPSA) is 101 Å². The van der Waals surface area contributed by atoms with E-state index in [1.807, 2.05) is 46.2 Å². The Morgan fingerprint density at radius 3 is 1.76 bits per heavy atom. The molecular formula is C35H45IN4O4S. The monoisotopic (exact) mass is 744 g/mol. The molecule has 0 spiro atoms. The second-order valence-corrected chi connectivity index (χ2v) is 16.1. The van der Waals surface area contributed by atoms with Crippen molar-refractivity contribution in [2.24, 2.45) is 0 Å². The van der Waals surface area contributed by atoms with Crippen molar-refractivity contribution in [3.63, 3.8) is 0 Å². The van der Waals surface area contributed by atoms with Gasteiger partial charge < -0.3 is 9.80 Å². The number of benzene rings is 1. The first-order valence-corrected chi connectivity index (χ1v) is 18.8. The highest BCUT2D eigenvalue weighted by atomic mass is 127. The molecule has 0 saturated carbocycles. The molecule has 0 aliphatic carbocycles. The minimum absolute atomic E-state index is 0.00755. The molecule has 242 valence electrons. The number of halogens is 1. The molecule has 2 saturated heterocycles. The first-order valence-electron chi connectivity index (χ1n) is 16.0. The number of hydrogen-bond acceptors (Lipinski definition) is 6. The number of rotatable bonds is 8. The lowest BCUT2D eigenvalue weighted by Crippen LogP contribution is -2.36. The highest BCUT2D eigenvalue weighted by Crippen LogP contribution is 2.26. The van der Waals surface area contributed by atoms with Crippen molar-refractivity contribution in [2.75, 3.05) is 31.9 Å². The van der Waals surface area contributed by atoms with Gasteiger partial charge in [0, 0.05) is 42.1 Å². The van der Waals surface area contributed by atoms with E-state index in [0.717, 1.165) is 72.1 Å². The lowest BCUT2D eigenvalue weighted by molar-refractivity contribution is 0.0711. The van der Waals surface area contributed by atoms with Crippen molar-refractivity contribution < 1.29 is 18.0 Å². The quantitative estimate of drug-likeness (QED) is 0.231. The van der Waals surface area contributed by atoms with Gasteiger partial charge in [-0.15, -0.1) is 0 Å². The van der Waals surface area contributed by atoms with Crippen molar-refractivity contribution in [1.29, 1.82) is 0 Å². The molecule has 2 fully saturated rings. The van der Waals surface area contributed by atoms with E-state index in [0.29, 0.717) is 17.8 Å². The Bertz CT molecular complexity index is 1530. The Morgan fingerprint density at radius 2 is 1.24 bits per heavy atom. The molecular weight excluding hydrogens is 699 g/mol. The number of likely N-dealkylation sites (tertiary alicyclic amines) is 2. The van der Waals surface area contributed by atoms with E-state index < -0.39 is 9.84 Å². The predicted octanol–water partition coefficient (Wildman–Crippen LogP) is 7.00. The maximum Gasteiger partial charge on any atom is 0.272 e. The fraction of sp³-hybridized carbons (Fsp3) is 0.486. The third-order valence-corrected chi connectivity index (χ3v) is 11.5. The van der Waals surface area contributed by atoms with Crippen LogP contribution in [0, 0.1) is 3.57 Å². The molecule has 10 heteroatoms. The Hall–Kier alpha value is -2.86. The summed E-state index contributed by atoms with van der Waals surface area (Å²) in [5.41, 5.74) is 4.17. The fourth-order valence-electron chi connectivity index (χ4n) is 5.51. The van der Waals surface area contributed by atoms with E-state index in [1.165, 1.54) is 12.8 Å². The van der Waals surface area contributed by atoms with Crippen LogP contribution in [0.5, 0.6) is 0 Å². The zero-order chi connectivity index (χ0) is 32.4. The summed E-state index contributed by atoms with van der Waals surface area (Å²) in [6.07, 6.45) is 10.8. The highest BCUT2D eigenvalue weighted by molar-refractivity contribution is 14.1. The third-order valence-electron chi connectivity index (χ3n) is 8.57. The van der Waals surface area contributed by atoms with Crippen LogP contribution in [0.25, 0.3) is 11.1 Å². The van der Waals surface area contributed by atoms with Crippen LogP contribution in [-0.2, 0) is 9.84 Å². The molecule has 0 radical (unpaired) electrons. The number of carbonyl (C=O) groups is 2. The second kappa shape index (κ2) is 16.6. The summed E-state index contributed by atoms with van der Waals surface area (Å²) in [5, 5.41) is -0.333. The van der Waals surface area contributed by atoms with Gasteiger partial charge in [0.15, 0.2) is 9.84 Å². The smallest absolute Gasteiger partial charge is 0.272 e. The number of hydrogen-bond donors (Lipinski definition) is 0. The lowest BCUT2D eigenvalue weighted by atomic mass is 9.96. The molecule has 2 aliphatic heterocycles. The van der Waals surface area contributed by atoms with E-state index >= 15 is 0 Å². The normalized spacial score (nSPS) is 16.1. The number of nitrogens with zero attached hydrogens (tertiary/aromatic N) is 4. The molecule has 2 aliphatic rings. The zero-order valence-electron chi connectivity index (χ0n) is 26.6. The van der Waals surface area contributed by atoms with Crippen molar-refractivity contribution in [3.05, 3.63) is 81.4 Å². The molecule has 0 bridgehead atoms. The van der Waals surface area contributed by atoms with Gasteiger partial charge >= 0.3 is 0 Å². The summed E-state index contributed by atoms with van der Waals surface area (Å²) >= 11 is 2.20. The van der Waals surface area contributed by atoms with Gasteiger partial charge in [0.25, 0.3) is 11.8 Å². The van der Waals surface area contributed by atoms with Crippen LogP contribution < -0.4 is 0 Å². The average molecular weight is 745 g/mol. The van der Waals surface area contributed by atoms with E-state index in [9.17, 15) is 18.0 Å². The van der Waals surface area contributed by atoms with Crippen molar-refractivity contribution in [3.8, 4) is 11.1 Å². The SMILES string of the molecule is CC(C)S(=O)(=O)CC[C@H](C)c1ccc(-c2ccnc(C(=O)N3CCCCC3)c2)cc1.O=C(c1cc(I)ccn1)N1CCCCC1. The third kappa shape index (κ3) is 10.1. The van der Waals surface area contributed by atoms with E-state index in [2.05, 4.69) is 51.6 Å². The first-order chi connectivity index (χ1) is 21.5. The summed E-state index contributed by atoms with van der Waals surface area (Å²) in [6, 6.07) is 15.7. The minimum Gasteiger partial charge on any atom is -0.337 e. The van der Waals surface area contributed by atoms with E-state index in [4.69, 9.17) is 0 Å². The summed E-state index contributed by atoms with van der Waals surface area (Å²) < 4.78 is 25.2. The average Bonchev–Trinajstić information content (AvgIpc) is 3.07. The minimum atomic E-state index is -3.02. The maximum atomic E-state index is 12.7. The van der Waals surface area contributed by atoms with Gasteiger partial charge in [0.1, 0.15) is 11.4 Å². The van der Waals surface area contributed by atoms with Crippen molar-refractivity contribution >= 4 is 44.2 Å². The van der Waals surface area contributed by atoms with Gasteiger partial charge in [0.2, 0.25) is 0 Å². The second-order valence-electron chi connectivity index (χ2n) is 12.2. The van der Waals surface area contributed by atoms with Crippen LogP contribution in [0.1, 0.15) is 98.2 Å². The molecule has 2 amide bonds. The van der Waals surface area contributed by atoms with Gasteiger partial charge in [-0.05, 0) is 128 Å². The molecule has 3 aromatic rings. The first kappa shape index (κ1) is 35.0. The van der Waals surface area contributed by atoms with Gasteiger partial charge in [-0.3, -0.25) is 19.6 Å². The van der Waals surface area contributed by atoms with Gasteiger partial charge in [-0.25, -0.2) is 8.42 Å². The zero-order valence-corrected chi connectivity index (χ0v) is 29.6. The number of pyridine rings is 2. The standard InChI is InChI=1S/C24H32N2O3S.C11H13IN2O/c1-18(2)30(28,29)16-12-19(3)20-7-9-21(10-8-20)22-11-13-25-23(17-22)24(27)26-14-5-4-6-15-26;12-9-4-5-13-10(8-9)11(15)14-6-2-1-3-7-14/h7-11,13,17-19H,4-6,12,14-16H2,1-3H3;4-5,8H,1-3,6-7H2/t19-;/m0./s1. The van der Waals surface area contributed by atoms with Crippen molar-refractivity contribution in [1.82, 2.24) is 19.8 Å². The van der Waals surface area contributed by atoms with Gasteiger partial charge in [0.05, 0.1) is 11.0 Å². The Balaban J connectivity index is 0.000000256. The maximum absolute atomic E-state index is 12.7. The number of piperidine rings is 2. The van der Waals surface area contributed by atoms with Crippen LogP contribution in [-0.4, -0.2) is 77.2 Å². The van der Waals surface area contributed by atoms with Crippen LogP contribution in [0.4, 0.5) is 0 Å². The highest BCUT2D eigenvalue weighted by Gasteiger charge is 2.21. The number of carbonyl (C=O) groups excluding carboxylic acids is 2. The molecule has 4 heterocycles. The predicted molar refractivity (Wildman–Crippen MR) is 188 cm³/mol. The van der Waals surface area contributed by atoms with Crippen LogP contribution in [0.3, 0.4) is 0 Å². The van der Waals surface area contributed by atoms with Crippen LogP contribution in [0.2, 0.25) is 0 Å². The molecule has 45 heavy (non-hydrogen) atoms. The molecule has 2 aromatic heterocycles. The lowest BCUT2D eigenvalue weighted by Gasteiger charge is -2.26. The number of amides is 2. The van der Waals surface area contributed by atoms with E-state index in [-0.39, 0.29) is 28.7 Å². The molecule has 1 aromatic carbocycles. The largest absolute Gasteiger partial charge is 0.337 e. The molecule has 5 rings (SSSR count). The Morgan fingerprint density at radius 1 is 0.733 bits per heavy atom. The van der Waals surface area contributed by atoms with E-state index in [1.54, 1.807) is 26.2 Å². The summed E-state index contributed by atoms with van der Waals surface area (Å²) in [5.74, 6) is 0.461. The summed E-state index contributed by atoms with van der Waals surface area (Å²) in [4.78, 5) is 37.0. The number of aromatic nitrogens is 2. The van der Waals surface area contributed by atoms with Crippen molar-refractivity contribution in [2.45, 2.75) is 76.9 Å². The molecule has 1 atom stereocenters. The van der Waals surface area contributed by atoms with Crippen LogP contribution >= 0.6 is 22.6 Å². The molecule has 0 unspecified atom stereocenters. The van der Waals surface area contributed by atoms with Gasteiger partial charge in [-0.2, -0.15) is 0 Å². The Labute approximate surface area is 282 Å². The summed E-state index contributed by atoms with van der Waals surface area (Å²) in [7, 11) is -3.02. The summed E-state index contributed by atoms with van der Waals surface area (Å²) in [6.45, 7) is 8.90. The fourth-order valence-corrected chi connectivity index (χ4v) is 7.12.